The summed E-state index contributed by atoms with van der Waals surface area (Å²) in [4.78, 5) is 19.8. The first kappa shape index (κ1) is 17.6. The van der Waals surface area contributed by atoms with Crippen molar-refractivity contribution in [1.29, 1.82) is 0 Å². The number of aromatic nitrogens is 1. The minimum atomic E-state index is -0.954. The van der Waals surface area contributed by atoms with Crippen LogP contribution in [0.25, 0.3) is 0 Å². The van der Waals surface area contributed by atoms with E-state index in [-0.39, 0.29) is 5.69 Å². The molecule has 0 radical (unpaired) electrons. The van der Waals surface area contributed by atoms with Crippen LogP contribution >= 0.6 is 0 Å². The third kappa shape index (κ3) is 5.81. The summed E-state index contributed by atoms with van der Waals surface area (Å²) >= 11 is 0. The second-order valence-corrected chi connectivity index (χ2v) is 5.07. The van der Waals surface area contributed by atoms with Gasteiger partial charge >= 0.3 is 5.97 Å². The number of hydrogen-bond acceptors (Lipinski definition) is 4. The Morgan fingerprint density at radius 2 is 1.76 bits per heavy atom. The van der Waals surface area contributed by atoms with Crippen molar-refractivity contribution in [2.24, 2.45) is 0 Å². The van der Waals surface area contributed by atoms with E-state index in [1.54, 1.807) is 6.07 Å². The van der Waals surface area contributed by atoms with E-state index in [4.69, 9.17) is 0 Å². The number of hydrogen-bond donors (Lipinski definition) is 1. The highest BCUT2D eigenvalue weighted by Gasteiger charge is 2.13. The summed E-state index contributed by atoms with van der Waals surface area (Å²) in [7, 11) is 0. The number of carbonyl (C=O) groups is 1. The number of carboxylic acids is 1. The van der Waals surface area contributed by atoms with Crippen LogP contribution in [0.15, 0.2) is 18.3 Å². The molecule has 5 nitrogen and oxygen atoms in total. The molecule has 1 heterocycles. The second kappa shape index (κ2) is 9.47. The highest BCUT2D eigenvalue weighted by molar-refractivity contribution is 5.86. The van der Waals surface area contributed by atoms with E-state index in [0.29, 0.717) is 6.54 Å². The smallest absolute Gasteiger partial charge is 0.354 e. The zero-order chi connectivity index (χ0) is 15.7. The fraction of sp³-hybridized carbons (Fsp3) is 0.625. The fourth-order valence-corrected chi connectivity index (χ4v) is 2.41. The molecule has 21 heavy (non-hydrogen) atoms. The van der Waals surface area contributed by atoms with Gasteiger partial charge in [0.05, 0.1) is 0 Å². The van der Waals surface area contributed by atoms with Crippen LogP contribution in [-0.4, -0.2) is 58.6 Å². The topological polar surface area (TPSA) is 56.7 Å². The highest BCUT2D eigenvalue weighted by atomic mass is 16.4. The van der Waals surface area contributed by atoms with Crippen LogP contribution in [-0.2, 0) is 6.54 Å². The quantitative estimate of drug-likeness (QED) is 0.717. The zero-order valence-corrected chi connectivity index (χ0v) is 13.4. The lowest BCUT2D eigenvalue weighted by Crippen LogP contribution is -2.30. The summed E-state index contributed by atoms with van der Waals surface area (Å²) in [6, 6.07) is 3.65. The van der Waals surface area contributed by atoms with Crippen LogP contribution in [0.5, 0.6) is 0 Å². The van der Waals surface area contributed by atoms with Gasteiger partial charge in [-0.15, -0.1) is 0 Å². The van der Waals surface area contributed by atoms with E-state index in [9.17, 15) is 9.90 Å². The van der Waals surface area contributed by atoms with Crippen molar-refractivity contribution in [2.45, 2.75) is 33.7 Å². The van der Waals surface area contributed by atoms with Gasteiger partial charge < -0.3 is 10.0 Å². The molecule has 0 bridgehead atoms. The lowest BCUT2D eigenvalue weighted by molar-refractivity contribution is 0.0687. The van der Waals surface area contributed by atoms with Crippen LogP contribution in [0.3, 0.4) is 0 Å². The lowest BCUT2D eigenvalue weighted by Gasteiger charge is -2.23. The van der Waals surface area contributed by atoms with Gasteiger partial charge in [0, 0.05) is 12.7 Å². The molecule has 1 rings (SSSR count). The molecule has 0 unspecified atom stereocenters. The summed E-state index contributed by atoms with van der Waals surface area (Å²) in [6.07, 6.45) is 2.63. The molecule has 0 aliphatic rings. The van der Waals surface area contributed by atoms with Gasteiger partial charge in [-0.25, -0.2) is 9.78 Å². The monoisotopic (exact) mass is 293 g/mol. The number of nitrogens with zero attached hydrogens (tertiary/aromatic N) is 3. The van der Waals surface area contributed by atoms with Crippen molar-refractivity contribution in [3.05, 3.63) is 29.6 Å². The molecule has 1 N–H and O–H groups in total. The first-order valence-electron chi connectivity index (χ1n) is 7.74. The van der Waals surface area contributed by atoms with Crippen LogP contribution < -0.4 is 0 Å². The summed E-state index contributed by atoms with van der Waals surface area (Å²) < 4.78 is 0. The van der Waals surface area contributed by atoms with Crippen LogP contribution in [0.4, 0.5) is 0 Å². The SMILES string of the molecule is CCN(CC)CCCN(CC)Cc1cccnc1C(=O)O. The number of pyridine rings is 1. The minimum absolute atomic E-state index is 0.166. The third-order valence-electron chi connectivity index (χ3n) is 3.78. The van der Waals surface area contributed by atoms with Gasteiger partial charge in [0.15, 0.2) is 5.69 Å². The van der Waals surface area contributed by atoms with Crippen molar-refractivity contribution in [3.63, 3.8) is 0 Å². The standard InChI is InChI=1S/C16H27N3O2/c1-4-18(5-2)11-8-12-19(6-3)13-14-9-7-10-17-15(14)16(20)21/h7,9-10H,4-6,8,11-13H2,1-3H3,(H,20,21). The summed E-state index contributed by atoms with van der Waals surface area (Å²) in [6.45, 7) is 12.2. The maximum absolute atomic E-state index is 11.2. The Labute approximate surface area is 127 Å². The minimum Gasteiger partial charge on any atom is -0.477 e. The van der Waals surface area contributed by atoms with Gasteiger partial charge in [-0.1, -0.05) is 26.8 Å². The third-order valence-corrected chi connectivity index (χ3v) is 3.78. The number of aromatic carboxylic acids is 1. The molecule has 0 spiro atoms. The second-order valence-electron chi connectivity index (χ2n) is 5.07. The Bertz CT molecular complexity index is 433. The van der Waals surface area contributed by atoms with Crippen molar-refractivity contribution < 1.29 is 9.90 Å². The first-order valence-corrected chi connectivity index (χ1v) is 7.74. The van der Waals surface area contributed by atoms with Crippen LogP contribution in [0.1, 0.15) is 43.2 Å². The molecule has 1 aromatic heterocycles. The molecular weight excluding hydrogens is 266 g/mol. The molecule has 0 atom stereocenters. The maximum atomic E-state index is 11.2. The van der Waals surface area contributed by atoms with E-state index in [2.05, 4.69) is 35.6 Å². The van der Waals surface area contributed by atoms with E-state index >= 15 is 0 Å². The van der Waals surface area contributed by atoms with E-state index in [0.717, 1.165) is 44.7 Å². The molecule has 0 aromatic carbocycles. The normalized spacial score (nSPS) is 11.3. The average molecular weight is 293 g/mol. The van der Waals surface area contributed by atoms with Gasteiger partial charge in [-0.3, -0.25) is 4.90 Å². The zero-order valence-electron chi connectivity index (χ0n) is 13.4. The molecule has 118 valence electrons. The predicted octanol–water partition coefficient (Wildman–Crippen LogP) is 2.33. The van der Waals surface area contributed by atoms with Crippen LogP contribution in [0.2, 0.25) is 0 Å². The van der Waals surface area contributed by atoms with E-state index in [1.165, 1.54) is 6.20 Å². The molecule has 0 fully saturated rings. The Hall–Kier alpha value is -1.46. The van der Waals surface area contributed by atoms with Gasteiger partial charge in [0.1, 0.15) is 0 Å². The predicted molar refractivity (Wildman–Crippen MR) is 84.6 cm³/mol. The molecule has 0 amide bonds. The molecule has 0 saturated heterocycles. The Morgan fingerprint density at radius 1 is 1.14 bits per heavy atom. The summed E-state index contributed by atoms with van der Waals surface area (Å²) in [5, 5.41) is 9.18. The van der Waals surface area contributed by atoms with Gasteiger partial charge in [0.25, 0.3) is 0 Å². The van der Waals surface area contributed by atoms with E-state index < -0.39 is 5.97 Å². The van der Waals surface area contributed by atoms with Gasteiger partial charge in [0.2, 0.25) is 0 Å². The molecule has 0 aliphatic carbocycles. The average Bonchev–Trinajstić information content (AvgIpc) is 2.50. The Morgan fingerprint density at radius 3 is 2.33 bits per heavy atom. The Kier molecular flexibility index (Phi) is 7.93. The lowest BCUT2D eigenvalue weighted by atomic mass is 10.1. The Balaban J connectivity index is 2.56. The van der Waals surface area contributed by atoms with Gasteiger partial charge in [-0.05, 0) is 50.8 Å². The van der Waals surface area contributed by atoms with Crippen molar-refractivity contribution in [3.8, 4) is 0 Å². The molecular formula is C16H27N3O2. The summed E-state index contributed by atoms with van der Waals surface area (Å²) in [5.74, 6) is -0.954. The highest BCUT2D eigenvalue weighted by Crippen LogP contribution is 2.10. The van der Waals surface area contributed by atoms with Crippen molar-refractivity contribution in [1.82, 2.24) is 14.8 Å². The molecule has 0 saturated carbocycles. The van der Waals surface area contributed by atoms with Crippen molar-refractivity contribution in [2.75, 3.05) is 32.7 Å². The largest absolute Gasteiger partial charge is 0.477 e. The van der Waals surface area contributed by atoms with Crippen LogP contribution in [0, 0.1) is 0 Å². The molecule has 5 heteroatoms. The number of carboxylic acid groups (broad SMARTS) is 1. The summed E-state index contributed by atoms with van der Waals surface area (Å²) in [5.41, 5.74) is 0.953. The molecule has 0 aliphatic heterocycles. The molecule has 1 aromatic rings. The van der Waals surface area contributed by atoms with E-state index in [1.807, 2.05) is 6.07 Å². The van der Waals surface area contributed by atoms with Gasteiger partial charge in [-0.2, -0.15) is 0 Å². The fourth-order valence-electron chi connectivity index (χ4n) is 2.41. The maximum Gasteiger partial charge on any atom is 0.354 e. The number of rotatable bonds is 10. The van der Waals surface area contributed by atoms with Crippen molar-refractivity contribution >= 4 is 5.97 Å². The first-order chi connectivity index (χ1) is 10.1.